The van der Waals surface area contributed by atoms with E-state index in [-0.39, 0.29) is 36.3 Å². The van der Waals surface area contributed by atoms with Crippen molar-refractivity contribution in [2.24, 2.45) is 10.7 Å². The van der Waals surface area contributed by atoms with Crippen LogP contribution in [-0.4, -0.2) is 73.6 Å². The predicted molar refractivity (Wildman–Crippen MR) is 97.5 cm³/mol. The van der Waals surface area contributed by atoms with Crippen molar-refractivity contribution in [1.29, 1.82) is 0 Å². The molecule has 6 nitrogen and oxygen atoms in total. The molecule has 1 heterocycles. The van der Waals surface area contributed by atoms with Gasteiger partial charge >= 0.3 is 0 Å². The predicted octanol–water partition coefficient (Wildman–Crippen LogP) is 0.640. The minimum Gasteiger partial charge on any atom is -0.370 e. The van der Waals surface area contributed by atoms with Crippen molar-refractivity contribution in [3.63, 3.8) is 0 Å². The van der Waals surface area contributed by atoms with Crippen LogP contribution in [0.2, 0.25) is 0 Å². The lowest BCUT2D eigenvalue weighted by Crippen LogP contribution is -2.40. The third-order valence-corrected chi connectivity index (χ3v) is 5.87. The molecule has 1 saturated heterocycles. The first kappa shape index (κ1) is 20.3. The molecular weight excluding hydrogens is 411 g/mol. The Kier molecular flexibility index (Phi) is 10.2. The van der Waals surface area contributed by atoms with Gasteiger partial charge in [-0.15, -0.1) is 24.0 Å². The van der Waals surface area contributed by atoms with Crippen LogP contribution in [0.5, 0.6) is 0 Å². The lowest BCUT2D eigenvalue weighted by atomic mass is 10.5. The summed E-state index contributed by atoms with van der Waals surface area (Å²) in [6.07, 6.45) is 0. The van der Waals surface area contributed by atoms with Crippen LogP contribution in [0, 0.1) is 0 Å². The SMILES string of the molecule is CCN(CC)C(N)=NCCS(=O)(=O)N1CCSCC1.I. The van der Waals surface area contributed by atoms with Gasteiger partial charge in [-0.05, 0) is 13.8 Å². The number of halogens is 1. The minimum atomic E-state index is -3.18. The number of thioether (sulfide) groups is 1. The molecule has 20 heavy (non-hydrogen) atoms. The molecule has 0 aromatic carbocycles. The van der Waals surface area contributed by atoms with Crippen molar-refractivity contribution < 1.29 is 8.42 Å². The number of hydrogen-bond acceptors (Lipinski definition) is 4. The number of nitrogens with zero attached hydrogens (tertiary/aromatic N) is 3. The van der Waals surface area contributed by atoms with Crippen LogP contribution in [0.25, 0.3) is 0 Å². The quantitative estimate of drug-likeness (QED) is 0.376. The van der Waals surface area contributed by atoms with Gasteiger partial charge in [0.1, 0.15) is 0 Å². The molecule has 1 aliphatic rings. The van der Waals surface area contributed by atoms with E-state index < -0.39 is 10.0 Å². The van der Waals surface area contributed by atoms with E-state index in [9.17, 15) is 8.42 Å². The van der Waals surface area contributed by atoms with E-state index in [1.54, 1.807) is 16.1 Å². The molecule has 0 unspecified atom stereocenters. The third kappa shape index (κ3) is 6.35. The second kappa shape index (κ2) is 10.1. The number of guanidine groups is 1. The van der Waals surface area contributed by atoms with Gasteiger partial charge in [-0.3, -0.25) is 4.99 Å². The van der Waals surface area contributed by atoms with E-state index >= 15 is 0 Å². The van der Waals surface area contributed by atoms with E-state index in [0.717, 1.165) is 24.6 Å². The topological polar surface area (TPSA) is 79.0 Å². The van der Waals surface area contributed by atoms with E-state index in [1.165, 1.54) is 0 Å². The smallest absolute Gasteiger partial charge is 0.215 e. The Hall–Kier alpha value is 0.260. The summed E-state index contributed by atoms with van der Waals surface area (Å²) < 4.78 is 25.7. The van der Waals surface area contributed by atoms with E-state index in [0.29, 0.717) is 19.0 Å². The third-order valence-electron chi connectivity index (χ3n) is 3.07. The summed E-state index contributed by atoms with van der Waals surface area (Å²) >= 11 is 1.79. The van der Waals surface area contributed by atoms with Gasteiger partial charge in [0.25, 0.3) is 0 Å². The second-order valence-electron chi connectivity index (χ2n) is 4.24. The number of rotatable bonds is 6. The van der Waals surface area contributed by atoms with E-state index in [4.69, 9.17) is 5.73 Å². The first-order chi connectivity index (χ1) is 9.01. The Balaban J connectivity index is 0.00000361. The van der Waals surface area contributed by atoms with Crippen molar-refractivity contribution in [2.75, 3.05) is 50.0 Å². The Morgan fingerprint density at radius 2 is 1.85 bits per heavy atom. The zero-order valence-corrected chi connectivity index (χ0v) is 16.1. The Morgan fingerprint density at radius 1 is 1.30 bits per heavy atom. The molecule has 2 N–H and O–H groups in total. The van der Waals surface area contributed by atoms with Crippen molar-refractivity contribution in [3.8, 4) is 0 Å². The monoisotopic (exact) mass is 436 g/mol. The van der Waals surface area contributed by atoms with Gasteiger partial charge in [0.15, 0.2) is 5.96 Å². The normalized spacial score (nSPS) is 17.6. The van der Waals surface area contributed by atoms with Gasteiger partial charge in [-0.25, -0.2) is 12.7 Å². The van der Waals surface area contributed by atoms with Crippen LogP contribution in [0.3, 0.4) is 0 Å². The van der Waals surface area contributed by atoms with Crippen molar-refractivity contribution in [1.82, 2.24) is 9.21 Å². The van der Waals surface area contributed by atoms with Crippen molar-refractivity contribution >= 4 is 51.7 Å². The Bertz CT molecular complexity index is 393. The molecule has 0 aliphatic carbocycles. The highest BCUT2D eigenvalue weighted by molar-refractivity contribution is 14.0. The maximum absolute atomic E-state index is 12.1. The van der Waals surface area contributed by atoms with Crippen LogP contribution in [0.4, 0.5) is 0 Å². The number of nitrogens with two attached hydrogens (primary N) is 1. The van der Waals surface area contributed by atoms with Crippen LogP contribution in [0.1, 0.15) is 13.8 Å². The fourth-order valence-electron chi connectivity index (χ4n) is 1.88. The molecule has 0 amide bonds. The molecule has 0 aromatic heterocycles. The zero-order chi connectivity index (χ0) is 14.3. The molecule has 1 fully saturated rings. The van der Waals surface area contributed by atoms with Gasteiger partial charge in [0, 0.05) is 37.7 Å². The maximum atomic E-state index is 12.1. The zero-order valence-electron chi connectivity index (χ0n) is 12.1. The fourth-order valence-corrected chi connectivity index (χ4v) is 4.33. The second-order valence-corrected chi connectivity index (χ2v) is 7.55. The number of aliphatic imine (C=N–C) groups is 1. The van der Waals surface area contributed by atoms with Crippen LogP contribution < -0.4 is 5.73 Å². The summed E-state index contributed by atoms with van der Waals surface area (Å²) in [5.74, 6) is 2.22. The molecule has 1 rings (SSSR count). The van der Waals surface area contributed by atoms with Crippen LogP contribution in [-0.2, 0) is 10.0 Å². The van der Waals surface area contributed by atoms with Gasteiger partial charge < -0.3 is 10.6 Å². The standard InChI is InChI=1S/C11H24N4O2S2.HI/c1-3-14(4-2)11(12)13-5-10-19(16,17)15-6-8-18-9-7-15;/h3-10H2,1-2H3,(H2,12,13);1H. The van der Waals surface area contributed by atoms with Crippen LogP contribution in [0.15, 0.2) is 4.99 Å². The average Bonchev–Trinajstić information content (AvgIpc) is 2.41. The maximum Gasteiger partial charge on any atom is 0.215 e. The molecule has 0 spiro atoms. The number of hydrogen-bond donors (Lipinski definition) is 1. The molecular formula is C11H25IN4O2S2. The Labute approximate surface area is 143 Å². The highest BCUT2D eigenvalue weighted by Crippen LogP contribution is 2.13. The molecule has 9 heteroatoms. The first-order valence-corrected chi connectivity index (χ1v) is 9.38. The Morgan fingerprint density at radius 3 is 2.35 bits per heavy atom. The summed E-state index contributed by atoms with van der Waals surface area (Å²) in [6, 6.07) is 0. The summed E-state index contributed by atoms with van der Waals surface area (Å²) in [4.78, 5) is 6.06. The summed E-state index contributed by atoms with van der Waals surface area (Å²) in [5.41, 5.74) is 5.81. The van der Waals surface area contributed by atoms with Crippen LogP contribution >= 0.6 is 35.7 Å². The van der Waals surface area contributed by atoms with Gasteiger partial charge in [-0.2, -0.15) is 11.8 Å². The lowest BCUT2D eigenvalue weighted by Gasteiger charge is -2.25. The van der Waals surface area contributed by atoms with Gasteiger partial charge in [0.05, 0.1) is 12.3 Å². The molecule has 120 valence electrons. The van der Waals surface area contributed by atoms with Crippen molar-refractivity contribution in [2.45, 2.75) is 13.8 Å². The van der Waals surface area contributed by atoms with E-state index in [2.05, 4.69) is 4.99 Å². The summed E-state index contributed by atoms with van der Waals surface area (Å²) in [5, 5.41) is 0. The van der Waals surface area contributed by atoms with Gasteiger partial charge in [0.2, 0.25) is 10.0 Å². The van der Waals surface area contributed by atoms with Gasteiger partial charge in [-0.1, -0.05) is 0 Å². The first-order valence-electron chi connectivity index (χ1n) is 6.61. The molecule has 0 saturated carbocycles. The highest BCUT2D eigenvalue weighted by Gasteiger charge is 2.23. The summed E-state index contributed by atoms with van der Waals surface area (Å²) in [6.45, 7) is 7.00. The average molecular weight is 436 g/mol. The largest absolute Gasteiger partial charge is 0.370 e. The molecule has 0 aromatic rings. The molecule has 0 atom stereocenters. The lowest BCUT2D eigenvalue weighted by molar-refractivity contribution is 0.443. The molecule has 0 radical (unpaired) electrons. The number of sulfonamides is 1. The highest BCUT2D eigenvalue weighted by atomic mass is 127. The summed E-state index contributed by atoms with van der Waals surface area (Å²) in [7, 11) is -3.18. The fraction of sp³-hybridized carbons (Fsp3) is 0.909. The molecule has 1 aliphatic heterocycles. The molecule has 0 bridgehead atoms. The van der Waals surface area contributed by atoms with Crippen molar-refractivity contribution in [3.05, 3.63) is 0 Å². The minimum absolute atomic E-state index is 0. The van der Waals surface area contributed by atoms with E-state index in [1.807, 2.05) is 18.7 Å².